The number of rotatable bonds is 3. The molecule has 3 saturated heterocycles. The van der Waals surface area contributed by atoms with E-state index in [0.717, 1.165) is 37.3 Å². The Kier molecular flexibility index (Phi) is 2.71. The highest BCUT2D eigenvalue weighted by Gasteiger charge is 2.35. The molecule has 4 aliphatic rings. The molecule has 2 N–H and O–H groups in total. The summed E-state index contributed by atoms with van der Waals surface area (Å²) in [5.41, 5.74) is 0. The predicted molar refractivity (Wildman–Crippen MR) is 59.7 cm³/mol. The first-order valence-corrected chi connectivity index (χ1v) is 6.45. The zero-order valence-corrected chi connectivity index (χ0v) is 9.36. The first kappa shape index (κ1) is 10.1. The van der Waals surface area contributed by atoms with E-state index in [1.54, 1.807) is 0 Å². The van der Waals surface area contributed by atoms with Crippen molar-refractivity contribution in [1.82, 2.24) is 10.2 Å². The third kappa shape index (κ3) is 2.05. The van der Waals surface area contributed by atoms with Gasteiger partial charge < -0.3 is 15.3 Å². The molecule has 0 amide bonds. The molecule has 1 atom stereocenters. The summed E-state index contributed by atoms with van der Waals surface area (Å²) >= 11 is 0. The molecule has 86 valence electrons. The highest BCUT2D eigenvalue weighted by molar-refractivity contribution is 4.92. The van der Waals surface area contributed by atoms with Crippen molar-refractivity contribution in [3.8, 4) is 0 Å². The van der Waals surface area contributed by atoms with Gasteiger partial charge in [0.15, 0.2) is 0 Å². The fourth-order valence-corrected chi connectivity index (χ4v) is 3.38. The quantitative estimate of drug-likeness (QED) is 0.709. The number of hydrogen-bond acceptors (Lipinski definition) is 3. The molecule has 1 unspecified atom stereocenters. The highest BCUT2D eigenvalue weighted by Crippen LogP contribution is 2.29. The SMILES string of the molecule is OC1CC(CNC2CN3CCC2CC3)C1. The van der Waals surface area contributed by atoms with Crippen molar-refractivity contribution < 1.29 is 5.11 Å². The molecular weight excluding hydrogens is 188 g/mol. The van der Waals surface area contributed by atoms with E-state index in [9.17, 15) is 5.11 Å². The van der Waals surface area contributed by atoms with Crippen molar-refractivity contribution in [2.75, 3.05) is 26.2 Å². The lowest BCUT2D eigenvalue weighted by Crippen LogP contribution is -2.57. The molecule has 3 heteroatoms. The van der Waals surface area contributed by atoms with Gasteiger partial charge in [-0.05, 0) is 57.2 Å². The molecule has 0 aromatic carbocycles. The van der Waals surface area contributed by atoms with Crippen LogP contribution in [0.4, 0.5) is 0 Å². The number of nitrogens with zero attached hydrogens (tertiary/aromatic N) is 1. The molecule has 1 aliphatic carbocycles. The fraction of sp³-hybridized carbons (Fsp3) is 1.00. The van der Waals surface area contributed by atoms with Gasteiger partial charge in [0.05, 0.1) is 6.10 Å². The van der Waals surface area contributed by atoms with Crippen LogP contribution in [0.1, 0.15) is 25.7 Å². The van der Waals surface area contributed by atoms with Crippen molar-refractivity contribution >= 4 is 0 Å². The molecule has 3 heterocycles. The van der Waals surface area contributed by atoms with E-state index in [0.29, 0.717) is 0 Å². The van der Waals surface area contributed by atoms with Crippen LogP contribution in [0.2, 0.25) is 0 Å². The van der Waals surface area contributed by atoms with Gasteiger partial charge in [0.25, 0.3) is 0 Å². The van der Waals surface area contributed by atoms with E-state index in [4.69, 9.17) is 0 Å². The second-order valence-corrected chi connectivity index (χ2v) is 5.64. The third-order valence-corrected chi connectivity index (χ3v) is 4.54. The molecular formula is C12H22N2O. The van der Waals surface area contributed by atoms with Crippen molar-refractivity contribution in [2.24, 2.45) is 11.8 Å². The number of piperidine rings is 3. The predicted octanol–water partition coefficient (Wildman–Crippen LogP) is 0.441. The van der Waals surface area contributed by atoms with Crippen LogP contribution < -0.4 is 5.32 Å². The van der Waals surface area contributed by atoms with Crippen LogP contribution in [0, 0.1) is 11.8 Å². The summed E-state index contributed by atoms with van der Waals surface area (Å²) in [5.74, 6) is 1.68. The zero-order chi connectivity index (χ0) is 10.3. The summed E-state index contributed by atoms with van der Waals surface area (Å²) in [5, 5.41) is 12.9. The average molecular weight is 210 g/mol. The molecule has 3 aliphatic heterocycles. The van der Waals surface area contributed by atoms with E-state index in [1.165, 1.54) is 32.5 Å². The minimum Gasteiger partial charge on any atom is -0.393 e. The summed E-state index contributed by atoms with van der Waals surface area (Å²) in [7, 11) is 0. The summed E-state index contributed by atoms with van der Waals surface area (Å²) in [6.45, 7) is 5.04. The molecule has 3 nitrogen and oxygen atoms in total. The van der Waals surface area contributed by atoms with E-state index in [1.807, 2.05) is 0 Å². The van der Waals surface area contributed by atoms with Crippen molar-refractivity contribution in [3.05, 3.63) is 0 Å². The molecule has 4 fully saturated rings. The third-order valence-electron chi connectivity index (χ3n) is 4.54. The van der Waals surface area contributed by atoms with E-state index in [-0.39, 0.29) is 6.10 Å². The lowest BCUT2D eigenvalue weighted by Gasteiger charge is -2.46. The van der Waals surface area contributed by atoms with Gasteiger partial charge in [-0.15, -0.1) is 0 Å². The van der Waals surface area contributed by atoms with Gasteiger partial charge in [0, 0.05) is 12.6 Å². The Morgan fingerprint density at radius 1 is 1.20 bits per heavy atom. The Balaban J connectivity index is 1.43. The maximum Gasteiger partial charge on any atom is 0.0546 e. The fourth-order valence-electron chi connectivity index (χ4n) is 3.38. The van der Waals surface area contributed by atoms with E-state index < -0.39 is 0 Å². The monoisotopic (exact) mass is 210 g/mol. The van der Waals surface area contributed by atoms with Gasteiger partial charge in [-0.2, -0.15) is 0 Å². The van der Waals surface area contributed by atoms with Crippen molar-refractivity contribution in [2.45, 2.75) is 37.8 Å². The Labute approximate surface area is 91.8 Å². The van der Waals surface area contributed by atoms with Crippen LogP contribution in [0.3, 0.4) is 0 Å². The van der Waals surface area contributed by atoms with Gasteiger partial charge in [-0.25, -0.2) is 0 Å². The molecule has 0 radical (unpaired) electrons. The average Bonchev–Trinajstić information content (AvgIpc) is 2.24. The maximum atomic E-state index is 9.22. The van der Waals surface area contributed by atoms with E-state index in [2.05, 4.69) is 10.2 Å². The largest absolute Gasteiger partial charge is 0.393 e. The number of nitrogens with one attached hydrogen (secondary N) is 1. The van der Waals surface area contributed by atoms with Crippen LogP contribution >= 0.6 is 0 Å². The van der Waals surface area contributed by atoms with Crippen molar-refractivity contribution in [1.29, 1.82) is 0 Å². The topological polar surface area (TPSA) is 35.5 Å². The van der Waals surface area contributed by atoms with Crippen molar-refractivity contribution in [3.63, 3.8) is 0 Å². The zero-order valence-electron chi connectivity index (χ0n) is 9.36. The number of aliphatic hydroxyl groups excluding tert-OH is 1. The minimum absolute atomic E-state index is 0.00311. The van der Waals surface area contributed by atoms with Crippen LogP contribution in [-0.2, 0) is 0 Å². The summed E-state index contributed by atoms with van der Waals surface area (Å²) in [6.07, 6.45) is 4.83. The Bertz CT molecular complexity index is 220. The lowest BCUT2D eigenvalue weighted by atomic mass is 9.80. The Morgan fingerprint density at radius 2 is 1.93 bits per heavy atom. The summed E-state index contributed by atoms with van der Waals surface area (Å²) in [4.78, 5) is 2.59. The van der Waals surface area contributed by atoms with Gasteiger partial charge in [0.2, 0.25) is 0 Å². The van der Waals surface area contributed by atoms with Gasteiger partial charge in [-0.1, -0.05) is 0 Å². The molecule has 1 saturated carbocycles. The van der Waals surface area contributed by atoms with E-state index >= 15 is 0 Å². The van der Waals surface area contributed by atoms with Crippen LogP contribution in [0.15, 0.2) is 0 Å². The molecule has 0 aromatic rings. The second-order valence-electron chi connectivity index (χ2n) is 5.64. The minimum atomic E-state index is 0.00311. The lowest BCUT2D eigenvalue weighted by molar-refractivity contribution is 0.0303. The molecule has 0 spiro atoms. The summed E-state index contributed by atoms with van der Waals surface area (Å²) < 4.78 is 0. The smallest absolute Gasteiger partial charge is 0.0546 e. The van der Waals surface area contributed by atoms with Gasteiger partial charge in [0.1, 0.15) is 0 Å². The highest BCUT2D eigenvalue weighted by atomic mass is 16.3. The van der Waals surface area contributed by atoms with Crippen LogP contribution in [0.25, 0.3) is 0 Å². The van der Waals surface area contributed by atoms with Crippen LogP contribution in [0.5, 0.6) is 0 Å². The summed E-state index contributed by atoms with van der Waals surface area (Å²) in [6, 6.07) is 0.741. The Morgan fingerprint density at radius 3 is 2.47 bits per heavy atom. The van der Waals surface area contributed by atoms with Gasteiger partial charge >= 0.3 is 0 Å². The molecule has 0 aromatic heterocycles. The van der Waals surface area contributed by atoms with Gasteiger partial charge in [-0.3, -0.25) is 0 Å². The molecule has 2 bridgehead atoms. The Hall–Kier alpha value is -0.120. The molecule has 4 rings (SSSR count). The molecule has 15 heavy (non-hydrogen) atoms. The van der Waals surface area contributed by atoms with Crippen LogP contribution in [-0.4, -0.2) is 48.3 Å². The standard InChI is InChI=1S/C12H22N2O/c15-11-5-9(6-11)7-13-12-8-14-3-1-10(12)2-4-14/h9-13,15H,1-8H2. The number of hydrogen-bond donors (Lipinski definition) is 2. The first-order chi connectivity index (χ1) is 7.31. The first-order valence-electron chi connectivity index (χ1n) is 6.45. The number of aliphatic hydroxyl groups is 1. The second kappa shape index (κ2) is 4.04. The normalized spacial score (nSPS) is 49.0. The number of fused-ring (bicyclic) bond motifs is 3. The maximum absolute atomic E-state index is 9.22.